The maximum absolute atomic E-state index is 2.36. The molecule has 0 aliphatic carbocycles. The second-order valence-corrected chi connectivity index (χ2v) is 17.1. The molecule has 66 heavy (non-hydrogen) atoms. The quantitative estimate of drug-likeness (QED) is 0.106. The first-order valence-corrected chi connectivity index (χ1v) is 22.8. The van der Waals surface area contributed by atoms with Gasteiger partial charge in [-0.1, -0.05) is 261 Å². The Balaban J connectivity index is 0.931. The molecule has 0 aliphatic heterocycles. The highest BCUT2D eigenvalue weighted by molar-refractivity contribution is 6.25. The van der Waals surface area contributed by atoms with Crippen molar-refractivity contribution in [3.05, 3.63) is 266 Å². The zero-order chi connectivity index (χ0) is 43.8. The third-order valence-corrected chi connectivity index (χ3v) is 13.3. The van der Waals surface area contributed by atoms with E-state index in [-0.39, 0.29) is 0 Å². The van der Waals surface area contributed by atoms with Crippen LogP contribution in [0.25, 0.3) is 122 Å². The normalized spacial score (nSPS) is 11.6. The Hall–Kier alpha value is -8.58. The van der Waals surface area contributed by atoms with Gasteiger partial charge in [-0.2, -0.15) is 0 Å². The molecule has 0 spiro atoms. The van der Waals surface area contributed by atoms with Gasteiger partial charge in [-0.25, -0.2) is 0 Å². The lowest BCUT2D eigenvalue weighted by Gasteiger charge is -2.21. The van der Waals surface area contributed by atoms with E-state index in [1.54, 1.807) is 0 Å². The van der Waals surface area contributed by atoms with Crippen LogP contribution in [0, 0.1) is 0 Å². The molecule has 0 bridgehead atoms. The Bertz CT molecular complexity index is 3710. The van der Waals surface area contributed by atoms with Gasteiger partial charge in [-0.3, -0.25) is 0 Å². The van der Waals surface area contributed by atoms with Crippen LogP contribution in [-0.4, -0.2) is 0 Å². The smallest absolute Gasteiger partial charge is 0.00139 e. The molecule has 0 atom stereocenters. The van der Waals surface area contributed by atoms with Gasteiger partial charge in [-0.05, 0) is 127 Å². The van der Waals surface area contributed by atoms with Crippen LogP contribution in [0.15, 0.2) is 255 Å². The fourth-order valence-corrected chi connectivity index (χ4v) is 10.3. The van der Waals surface area contributed by atoms with Crippen molar-refractivity contribution in [3.8, 4) is 66.8 Å². The van der Waals surface area contributed by atoms with Crippen molar-refractivity contribution in [1.29, 1.82) is 0 Å². The Morgan fingerprint density at radius 3 is 1.15 bits per heavy atom. The number of hydrogen-bond acceptors (Lipinski definition) is 0. The zero-order valence-electron chi connectivity index (χ0n) is 36.4. The van der Waals surface area contributed by atoms with Crippen molar-refractivity contribution in [3.63, 3.8) is 0 Å². The van der Waals surface area contributed by atoms with Gasteiger partial charge < -0.3 is 0 Å². The topological polar surface area (TPSA) is 0 Å². The molecule has 12 aromatic carbocycles. The Kier molecular flexibility index (Phi) is 9.97. The van der Waals surface area contributed by atoms with Crippen molar-refractivity contribution in [1.82, 2.24) is 0 Å². The molecule has 0 aliphatic rings. The van der Waals surface area contributed by atoms with Crippen LogP contribution in [0.4, 0.5) is 0 Å². The summed E-state index contributed by atoms with van der Waals surface area (Å²) in [6, 6.07) is 92.9. The van der Waals surface area contributed by atoms with Crippen molar-refractivity contribution < 1.29 is 0 Å². The lowest BCUT2D eigenvalue weighted by Crippen LogP contribution is -1.94. The maximum Gasteiger partial charge on any atom is -0.00139 e. The summed E-state index contributed by atoms with van der Waals surface area (Å²) in [4.78, 5) is 0. The van der Waals surface area contributed by atoms with Crippen LogP contribution in [0.2, 0.25) is 0 Å². The molecule has 12 aromatic rings. The molecule has 0 fully saturated rings. The Morgan fingerprint density at radius 2 is 0.591 bits per heavy atom. The predicted octanol–water partition coefficient (Wildman–Crippen LogP) is 18.5. The molecule has 0 amide bonds. The number of fused-ring (bicyclic) bond motifs is 4. The first kappa shape index (κ1) is 39.0. The van der Waals surface area contributed by atoms with Crippen molar-refractivity contribution in [2.75, 3.05) is 0 Å². The maximum atomic E-state index is 2.36. The largest absolute Gasteiger partial charge is 0.0622 e. The van der Waals surface area contributed by atoms with Crippen LogP contribution in [0.3, 0.4) is 0 Å². The summed E-state index contributed by atoms with van der Waals surface area (Å²) in [5.41, 5.74) is 17.1. The molecule has 0 aromatic heterocycles. The van der Waals surface area contributed by atoms with Crippen LogP contribution in [0.5, 0.6) is 0 Å². The van der Waals surface area contributed by atoms with Crippen LogP contribution in [-0.2, 0) is 0 Å². The lowest BCUT2D eigenvalue weighted by atomic mass is 9.82. The van der Waals surface area contributed by atoms with Crippen molar-refractivity contribution in [2.45, 2.75) is 0 Å². The second-order valence-electron chi connectivity index (χ2n) is 17.1. The van der Waals surface area contributed by atoms with E-state index in [1.807, 2.05) is 0 Å². The summed E-state index contributed by atoms with van der Waals surface area (Å²) in [6.45, 7) is 0. The Labute approximate surface area is 386 Å². The molecule has 12 rings (SSSR count). The molecule has 308 valence electrons. The van der Waals surface area contributed by atoms with Crippen LogP contribution in [0.1, 0.15) is 11.1 Å². The third kappa shape index (κ3) is 6.88. The molecule has 0 unspecified atom stereocenters. The molecule has 0 heterocycles. The minimum atomic E-state index is 1.15. The highest BCUT2D eigenvalue weighted by atomic mass is 14.2. The number of hydrogen-bond donors (Lipinski definition) is 0. The Morgan fingerprint density at radius 1 is 0.212 bits per heavy atom. The molecular weight excluding hydrogens is 793 g/mol. The van der Waals surface area contributed by atoms with Crippen molar-refractivity contribution >= 4 is 55.2 Å². The third-order valence-electron chi connectivity index (χ3n) is 13.3. The summed E-state index contributed by atoms with van der Waals surface area (Å²) in [7, 11) is 0. The standard InChI is InChI=1S/C66H44/c1-4-21-48(22-5-1)62-55-30-12-14-32-57(55)64(58-33-15-13-31-56(58)62)52-28-18-27-51(44-52)46-41-38-45(39-42-46)40-43-47-20-10-11-29-53(47)54-36-19-37-61-63(49-23-6-2-7-24-49)59-34-16-17-35-60(59)65(66(54)61)50-25-8-3-9-26-50/h1-44H. The zero-order valence-corrected chi connectivity index (χ0v) is 36.4. The molecule has 0 saturated heterocycles. The molecule has 0 radical (unpaired) electrons. The molecule has 0 nitrogen and oxygen atoms in total. The first-order valence-electron chi connectivity index (χ1n) is 22.8. The van der Waals surface area contributed by atoms with E-state index < -0.39 is 0 Å². The van der Waals surface area contributed by atoms with Gasteiger partial charge in [0.25, 0.3) is 0 Å². The van der Waals surface area contributed by atoms with Crippen LogP contribution < -0.4 is 0 Å². The van der Waals surface area contributed by atoms with Gasteiger partial charge in [0.15, 0.2) is 0 Å². The highest BCUT2D eigenvalue weighted by Crippen LogP contribution is 2.48. The molecular formula is C66H44. The summed E-state index contributed by atoms with van der Waals surface area (Å²) in [6.07, 6.45) is 4.53. The average molecular weight is 837 g/mol. The molecule has 0 N–H and O–H groups in total. The van der Waals surface area contributed by atoms with Crippen molar-refractivity contribution in [2.24, 2.45) is 0 Å². The first-order chi connectivity index (χ1) is 32.8. The number of rotatable bonds is 8. The van der Waals surface area contributed by atoms with E-state index >= 15 is 0 Å². The van der Waals surface area contributed by atoms with Gasteiger partial charge in [0.1, 0.15) is 0 Å². The van der Waals surface area contributed by atoms with E-state index in [4.69, 9.17) is 0 Å². The fraction of sp³-hybridized carbons (Fsp3) is 0. The van der Waals surface area contributed by atoms with E-state index in [0.29, 0.717) is 0 Å². The van der Waals surface area contributed by atoms with Gasteiger partial charge >= 0.3 is 0 Å². The summed E-state index contributed by atoms with van der Waals surface area (Å²) >= 11 is 0. The SMILES string of the molecule is C(=Cc1ccccc1-c1cccc2c(-c3ccccc3)c3ccccc3c(-c3ccccc3)c12)c1ccc(-c2cccc(-c3c4ccccc4c(-c4ccccc4)c4ccccc34)c2)cc1. The average Bonchev–Trinajstić information content (AvgIpc) is 3.39. The van der Waals surface area contributed by atoms with Gasteiger partial charge in [0.2, 0.25) is 0 Å². The minimum Gasteiger partial charge on any atom is -0.0622 e. The van der Waals surface area contributed by atoms with Gasteiger partial charge in [-0.15, -0.1) is 0 Å². The molecule has 0 heteroatoms. The second kappa shape index (κ2) is 16.8. The molecule has 0 saturated carbocycles. The fourth-order valence-electron chi connectivity index (χ4n) is 10.3. The number of benzene rings is 12. The van der Waals surface area contributed by atoms with Gasteiger partial charge in [0.05, 0.1) is 0 Å². The highest BCUT2D eigenvalue weighted by Gasteiger charge is 2.21. The summed E-state index contributed by atoms with van der Waals surface area (Å²) in [5.74, 6) is 0. The summed E-state index contributed by atoms with van der Waals surface area (Å²) in [5, 5.41) is 10.1. The van der Waals surface area contributed by atoms with E-state index in [0.717, 1.165) is 5.56 Å². The van der Waals surface area contributed by atoms with Gasteiger partial charge in [0, 0.05) is 0 Å². The van der Waals surface area contributed by atoms with E-state index in [2.05, 4.69) is 267 Å². The monoisotopic (exact) mass is 836 g/mol. The lowest BCUT2D eigenvalue weighted by molar-refractivity contribution is 1.59. The summed E-state index contributed by atoms with van der Waals surface area (Å²) < 4.78 is 0. The predicted molar refractivity (Wildman–Crippen MR) is 284 cm³/mol. The van der Waals surface area contributed by atoms with E-state index in [9.17, 15) is 0 Å². The minimum absolute atomic E-state index is 1.15. The van der Waals surface area contributed by atoms with Crippen LogP contribution >= 0.6 is 0 Å². The van der Waals surface area contributed by atoms with E-state index in [1.165, 1.54) is 115 Å².